The van der Waals surface area contributed by atoms with Crippen LogP contribution < -0.4 is 15.9 Å². The van der Waals surface area contributed by atoms with Crippen LogP contribution >= 0.6 is 34.4 Å². The molecule has 1 atom stereocenters. The van der Waals surface area contributed by atoms with Crippen molar-refractivity contribution in [1.29, 1.82) is 0 Å². The van der Waals surface area contributed by atoms with E-state index in [9.17, 15) is 4.79 Å². The minimum Gasteiger partial charge on any atom is -0.298 e. The number of benzene rings is 2. The van der Waals surface area contributed by atoms with Crippen molar-refractivity contribution in [3.05, 3.63) is 68.2 Å². The molecule has 2 aromatic rings. The Morgan fingerprint density at radius 2 is 2.04 bits per heavy atom. The lowest BCUT2D eigenvalue weighted by atomic mass is 10.1. The lowest BCUT2D eigenvalue weighted by Crippen LogP contribution is -2.50. The fourth-order valence-electron chi connectivity index (χ4n) is 2.80. The quantitative estimate of drug-likeness (QED) is 0.678. The first-order chi connectivity index (χ1) is 11.7. The summed E-state index contributed by atoms with van der Waals surface area (Å²) < 4.78 is 1.12. The van der Waals surface area contributed by atoms with Crippen molar-refractivity contribution < 1.29 is 4.79 Å². The number of carbonyl (C=O) groups excluding carboxylic acids is 1. The smallest absolute Gasteiger partial charge is 0.276 e. The number of nitrogens with one attached hydrogen (secondary N) is 1. The molecule has 0 saturated carbocycles. The third kappa shape index (κ3) is 2.61. The zero-order chi connectivity index (χ0) is 16.7. The summed E-state index contributed by atoms with van der Waals surface area (Å²) in [5, 5.41) is 11.4. The monoisotopic (exact) mass is 448 g/mol. The Morgan fingerprint density at radius 3 is 2.83 bits per heavy atom. The standard InChI is InChI=1S/C17H13IN4OS/c1-24-17-20-16(23)14-12-7-2-3-8-13(12)19-15(22(14)21-17)10-5-4-6-11(18)9-10/h2-9,15H,1H3,(H,20,21,23)/t15-/m1/s1. The molecule has 2 aliphatic rings. The molecule has 2 aliphatic heterocycles. The molecule has 5 nitrogen and oxygen atoms in total. The third-order valence-corrected chi connectivity index (χ3v) is 5.10. The predicted molar refractivity (Wildman–Crippen MR) is 103 cm³/mol. The van der Waals surface area contributed by atoms with Gasteiger partial charge in [0.2, 0.25) is 0 Å². The summed E-state index contributed by atoms with van der Waals surface area (Å²) in [6.07, 6.45) is 1.54. The van der Waals surface area contributed by atoms with E-state index >= 15 is 0 Å². The molecule has 0 spiro atoms. The number of hydrogen-bond donors (Lipinski definition) is 1. The van der Waals surface area contributed by atoms with E-state index in [-0.39, 0.29) is 12.1 Å². The zero-order valence-corrected chi connectivity index (χ0v) is 15.7. The summed E-state index contributed by atoms with van der Waals surface area (Å²) in [5.74, 6) is -0.146. The number of rotatable bonds is 1. The lowest BCUT2D eigenvalue weighted by molar-refractivity contribution is -0.116. The van der Waals surface area contributed by atoms with Crippen LogP contribution in [0.25, 0.3) is 5.70 Å². The van der Waals surface area contributed by atoms with Gasteiger partial charge in [-0.2, -0.15) is 0 Å². The van der Waals surface area contributed by atoms with E-state index in [0.29, 0.717) is 10.9 Å². The van der Waals surface area contributed by atoms with Gasteiger partial charge in [0, 0.05) is 8.79 Å². The van der Waals surface area contributed by atoms with Crippen molar-refractivity contribution in [2.24, 2.45) is 10.1 Å². The van der Waals surface area contributed by atoms with Crippen molar-refractivity contribution in [3.8, 4) is 0 Å². The van der Waals surface area contributed by atoms with Gasteiger partial charge in [-0.3, -0.25) is 15.1 Å². The number of carbonyl (C=O) groups is 1. The highest BCUT2D eigenvalue weighted by molar-refractivity contribution is 14.1. The van der Waals surface area contributed by atoms with Gasteiger partial charge in [0.05, 0.1) is 5.36 Å². The molecule has 7 heteroatoms. The molecule has 0 unspecified atom stereocenters. The fraction of sp³-hybridized carbons (Fsp3) is 0.118. The molecule has 1 N–H and O–H groups in total. The normalized spacial score (nSPS) is 19.0. The number of hydrazone groups is 1. The Bertz CT molecular complexity index is 988. The molecule has 0 aliphatic carbocycles. The lowest BCUT2D eigenvalue weighted by Gasteiger charge is -2.33. The van der Waals surface area contributed by atoms with E-state index in [4.69, 9.17) is 4.99 Å². The highest BCUT2D eigenvalue weighted by Crippen LogP contribution is 2.30. The van der Waals surface area contributed by atoms with Gasteiger partial charge < -0.3 is 0 Å². The minimum atomic E-state index is -0.349. The third-order valence-electron chi connectivity index (χ3n) is 3.86. The van der Waals surface area contributed by atoms with Crippen LogP contribution in [0.3, 0.4) is 0 Å². The van der Waals surface area contributed by atoms with Crippen LogP contribution in [-0.2, 0) is 4.79 Å². The molecular formula is C17H13IN4OS. The molecule has 24 heavy (non-hydrogen) atoms. The molecule has 2 aromatic carbocycles. The number of thioether (sulfide) groups is 1. The van der Waals surface area contributed by atoms with Gasteiger partial charge in [0.1, 0.15) is 5.70 Å². The number of nitrogens with zero attached hydrogens (tertiary/aromatic N) is 3. The summed E-state index contributed by atoms with van der Waals surface area (Å²) in [5.41, 5.74) is 1.55. The number of amidine groups is 1. The fourth-order valence-corrected chi connectivity index (χ4v) is 3.74. The van der Waals surface area contributed by atoms with Gasteiger partial charge in [0.25, 0.3) is 5.91 Å². The second kappa shape index (κ2) is 6.21. The summed E-state index contributed by atoms with van der Waals surface area (Å²) in [7, 11) is 0. The van der Waals surface area contributed by atoms with Crippen LogP contribution in [0, 0.1) is 3.57 Å². The highest BCUT2D eigenvalue weighted by Gasteiger charge is 2.34. The van der Waals surface area contributed by atoms with E-state index in [1.807, 2.05) is 48.7 Å². The van der Waals surface area contributed by atoms with Gasteiger partial charge in [-0.25, -0.2) is 5.01 Å². The van der Waals surface area contributed by atoms with Gasteiger partial charge in [-0.05, 0) is 52.6 Å². The number of fused-ring (bicyclic) bond motifs is 2. The average molecular weight is 448 g/mol. The topological polar surface area (TPSA) is 57.1 Å². The van der Waals surface area contributed by atoms with E-state index in [1.165, 1.54) is 11.8 Å². The largest absolute Gasteiger partial charge is 0.298 e. The SMILES string of the molecule is CSC1=NN2C(=c3ccccc3=N[C@H]2c2cccc(I)c2)C(=O)N1. The van der Waals surface area contributed by atoms with E-state index < -0.39 is 0 Å². The van der Waals surface area contributed by atoms with Gasteiger partial charge in [0.15, 0.2) is 11.3 Å². The number of hydrogen-bond acceptors (Lipinski definition) is 5. The second-order valence-electron chi connectivity index (χ2n) is 5.33. The van der Waals surface area contributed by atoms with Gasteiger partial charge >= 0.3 is 0 Å². The molecule has 0 bridgehead atoms. The Labute approximate surface area is 156 Å². The van der Waals surface area contributed by atoms with Gasteiger partial charge in [-0.15, -0.1) is 5.10 Å². The van der Waals surface area contributed by atoms with Crippen molar-refractivity contribution in [2.45, 2.75) is 6.17 Å². The maximum Gasteiger partial charge on any atom is 0.276 e. The molecule has 2 heterocycles. The molecular weight excluding hydrogens is 435 g/mol. The number of para-hydroxylation sites is 1. The maximum absolute atomic E-state index is 12.7. The summed E-state index contributed by atoms with van der Waals surface area (Å²) in [6, 6.07) is 15.8. The van der Waals surface area contributed by atoms with Gasteiger partial charge in [-0.1, -0.05) is 42.1 Å². The van der Waals surface area contributed by atoms with Crippen LogP contribution in [0.2, 0.25) is 0 Å². The molecule has 120 valence electrons. The molecule has 0 saturated heterocycles. The highest BCUT2D eigenvalue weighted by atomic mass is 127. The zero-order valence-electron chi connectivity index (χ0n) is 12.7. The van der Waals surface area contributed by atoms with Crippen LogP contribution in [-0.4, -0.2) is 22.3 Å². The molecule has 4 rings (SSSR count). The Hall–Kier alpha value is -1.87. The van der Waals surface area contributed by atoms with E-state index in [0.717, 1.165) is 19.7 Å². The summed E-state index contributed by atoms with van der Waals surface area (Å²) in [4.78, 5) is 17.5. The van der Waals surface area contributed by atoms with Crippen molar-refractivity contribution in [1.82, 2.24) is 10.3 Å². The Kier molecular flexibility index (Phi) is 4.05. The molecule has 1 amide bonds. The number of amides is 1. The first-order valence-corrected chi connectivity index (χ1v) is 9.63. The predicted octanol–water partition coefficient (Wildman–Crippen LogP) is 1.80. The van der Waals surface area contributed by atoms with Crippen LogP contribution in [0.15, 0.2) is 58.6 Å². The van der Waals surface area contributed by atoms with Crippen LogP contribution in [0.1, 0.15) is 11.7 Å². The summed E-state index contributed by atoms with van der Waals surface area (Å²) in [6.45, 7) is 0. The average Bonchev–Trinajstić information content (AvgIpc) is 2.60. The molecule has 0 fully saturated rings. The van der Waals surface area contributed by atoms with Crippen LogP contribution in [0.5, 0.6) is 0 Å². The van der Waals surface area contributed by atoms with E-state index in [2.05, 4.69) is 39.1 Å². The second-order valence-corrected chi connectivity index (χ2v) is 7.37. The van der Waals surface area contributed by atoms with Crippen molar-refractivity contribution in [2.75, 3.05) is 6.26 Å². The number of halogens is 1. The maximum atomic E-state index is 12.7. The van der Waals surface area contributed by atoms with Crippen molar-refractivity contribution in [3.63, 3.8) is 0 Å². The Morgan fingerprint density at radius 1 is 1.21 bits per heavy atom. The molecule has 0 radical (unpaired) electrons. The molecule has 0 aromatic heterocycles. The van der Waals surface area contributed by atoms with Crippen molar-refractivity contribution >= 4 is 51.1 Å². The van der Waals surface area contributed by atoms with E-state index in [1.54, 1.807) is 5.01 Å². The Balaban J connectivity index is 1.99. The first-order valence-electron chi connectivity index (χ1n) is 7.33. The first kappa shape index (κ1) is 15.6. The minimum absolute atomic E-state index is 0.146. The summed E-state index contributed by atoms with van der Waals surface area (Å²) >= 11 is 3.69. The van der Waals surface area contributed by atoms with Crippen LogP contribution in [0.4, 0.5) is 0 Å².